The van der Waals surface area contributed by atoms with Crippen LogP contribution < -0.4 is 15.7 Å². The molecule has 0 bridgehead atoms. The second-order valence-electron chi connectivity index (χ2n) is 5.08. The average Bonchev–Trinajstić information content (AvgIpc) is 2.56. The number of nitrogens with zero attached hydrogens (tertiary/aromatic N) is 2. The van der Waals surface area contributed by atoms with E-state index >= 15 is 0 Å². The first kappa shape index (κ1) is 17.7. The highest BCUT2D eigenvalue weighted by Gasteiger charge is 2.09. The zero-order chi connectivity index (χ0) is 17.5. The number of carbonyl (C=O) groups is 1. The number of amides is 1. The van der Waals surface area contributed by atoms with E-state index < -0.39 is 5.91 Å². The molecule has 0 atom stereocenters. The molecule has 1 N–H and O–H groups in total. The van der Waals surface area contributed by atoms with E-state index in [2.05, 4.69) is 10.5 Å². The van der Waals surface area contributed by atoms with Gasteiger partial charge in [-0.2, -0.15) is 5.10 Å². The number of ether oxygens (including phenoxy) is 1. The minimum absolute atomic E-state index is 0.0264. The summed E-state index contributed by atoms with van der Waals surface area (Å²) < 4.78 is 6.81. The summed E-state index contributed by atoms with van der Waals surface area (Å²) in [5.41, 5.74) is 2.67. The van der Waals surface area contributed by atoms with Crippen molar-refractivity contribution in [2.24, 2.45) is 12.1 Å². The molecular weight excluding hydrogens is 330 g/mol. The molecule has 1 aromatic carbocycles. The molecule has 0 radical (unpaired) electrons. The molecule has 0 unspecified atom stereocenters. The van der Waals surface area contributed by atoms with E-state index in [0.29, 0.717) is 22.9 Å². The molecule has 0 saturated carbocycles. The van der Waals surface area contributed by atoms with Gasteiger partial charge in [-0.25, -0.2) is 5.43 Å². The maximum absolute atomic E-state index is 12.0. The van der Waals surface area contributed by atoms with Crippen molar-refractivity contribution >= 4 is 23.7 Å². The fraction of sp³-hybridized carbons (Fsp3) is 0.235. The monoisotopic (exact) mass is 347 g/mol. The molecule has 1 aromatic heterocycles. The lowest BCUT2D eigenvalue weighted by molar-refractivity contribution is 0.0953. The van der Waals surface area contributed by atoms with Crippen LogP contribution in [-0.4, -0.2) is 23.3 Å². The Balaban J connectivity index is 2.03. The number of pyridine rings is 1. The third kappa shape index (κ3) is 4.45. The van der Waals surface area contributed by atoms with E-state index in [4.69, 9.17) is 16.3 Å². The number of aryl methyl sites for hydroxylation is 1. The lowest BCUT2D eigenvalue weighted by Crippen LogP contribution is -2.29. The molecule has 0 saturated heterocycles. The number of halogens is 1. The summed E-state index contributed by atoms with van der Waals surface area (Å²) >= 11 is 6.12. The highest BCUT2D eigenvalue weighted by atomic mass is 35.5. The molecule has 0 aliphatic carbocycles. The second kappa shape index (κ2) is 8.31. The highest BCUT2D eigenvalue weighted by Crippen LogP contribution is 2.24. The van der Waals surface area contributed by atoms with E-state index in [1.54, 1.807) is 37.5 Å². The predicted molar refractivity (Wildman–Crippen MR) is 94.0 cm³/mol. The van der Waals surface area contributed by atoms with Crippen molar-refractivity contribution in [1.82, 2.24) is 9.99 Å². The summed E-state index contributed by atoms with van der Waals surface area (Å²) in [6.45, 7) is 2.60. The highest BCUT2D eigenvalue weighted by molar-refractivity contribution is 6.32. The van der Waals surface area contributed by atoms with Crippen LogP contribution in [0.2, 0.25) is 5.02 Å². The number of hydrazone groups is 1. The van der Waals surface area contributed by atoms with Gasteiger partial charge in [-0.3, -0.25) is 9.59 Å². The molecular formula is C17H18ClN3O3. The van der Waals surface area contributed by atoms with Gasteiger partial charge in [0.05, 0.1) is 17.8 Å². The molecule has 1 heterocycles. The van der Waals surface area contributed by atoms with Crippen molar-refractivity contribution in [3.63, 3.8) is 0 Å². The van der Waals surface area contributed by atoms with Crippen molar-refractivity contribution in [3.05, 3.63) is 63.0 Å². The number of carbonyl (C=O) groups excluding carboxylic acids is 1. The van der Waals surface area contributed by atoms with Gasteiger partial charge in [-0.15, -0.1) is 0 Å². The Kier molecular flexibility index (Phi) is 6.14. The molecule has 6 nitrogen and oxygen atoms in total. The van der Waals surface area contributed by atoms with Crippen molar-refractivity contribution in [2.75, 3.05) is 6.61 Å². The van der Waals surface area contributed by atoms with E-state index in [-0.39, 0.29) is 11.1 Å². The zero-order valence-electron chi connectivity index (χ0n) is 13.5. The third-order valence-electron chi connectivity index (χ3n) is 3.17. The first-order chi connectivity index (χ1) is 11.5. The van der Waals surface area contributed by atoms with E-state index in [1.165, 1.54) is 16.8 Å². The van der Waals surface area contributed by atoms with Gasteiger partial charge in [0.2, 0.25) is 0 Å². The van der Waals surface area contributed by atoms with E-state index in [9.17, 15) is 9.59 Å². The van der Waals surface area contributed by atoms with Crippen LogP contribution >= 0.6 is 11.6 Å². The number of aromatic nitrogens is 1. The minimum atomic E-state index is -0.568. The van der Waals surface area contributed by atoms with Gasteiger partial charge in [0.25, 0.3) is 11.5 Å². The maximum atomic E-state index is 12.0. The van der Waals surface area contributed by atoms with Crippen LogP contribution in [0.3, 0.4) is 0 Å². The molecule has 2 rings (SSSR count). The van der Waals surface area contributed by atoms with Crippen LogP contribution in [0.25, 0.3) is 0 Å². The SMILES string of the molecule is CCCOc1ccc(/C=N\NC(=O)c2cccn(C)c2=O)cc1Cl. The van der Waals surface area contributed by atoms with Crippen LogP contribution in [0.4, 0.5) is 0 Å². The molecule has 0 fully saturated rings. The lowest BCUT2D eigenvalue weighted by atomic mass is 10.2. The maximum Gasteiger partial charge on any atom is 0.276 e. The molecule has 7 heteroatoms. The normalized spacial score (nSPS) is 10.8. The van der Waals surface area contributed by atoms with Gasteiger partial charge in [-0.05, 0) is 42.3 Å². The average molecular weight is 348 g/mol. The van der Waals surface area contributed by atoms with Crippen LogP contribution in [-0.2, 0) is 7.05 Å². The fourth-order valence-corrected chi connectivity index (χ4v) is 2.17. The van der Waals surface area contributed by atoms with Crippen molar-refractivity contribution in [2.45, 2.75) is 13.3 Å². The first-order valence-electron chi connectivity index (χ1n) is 7.44. The standard InChI is InChI=1S/C17H18ClN3O3/c1-3-9-24-15-7-6-12(10-14(15)18)11-19-20-16(22)13-5-4-8-21(2)17(13)23/h4-8,10-11H,3,9H2,1-2H3,(H,20,22)/b19-11-. The van der Waals surface area contributed by atoms with Crippen LogP contribution in [0.15, 0.2) is 46.4 Å². The van der Waals surface area contributed by atoms with Crippen LogP contribution in [0.1, 0.15) is 29.3 Å². The lowest BCUT2D eigenvalue weighted by Gasteiger charge is -2.07. The third-order valence-corrected chi connectivity index (χ3v) is 3.46. The van der Waals surface area contributed by atoms with E-state index in [0.717, 1.165) is 6.42 Å². The first-order valence-corrected chi connectivity index (χ1v) is 7.82. The van der Waals surface area contributed by atoms with Crippen molar-refractivity contribution in [3.8, 4) is 5.75 Å². The molecule has 0 aliphatic heterocycles. The van der Waals surface area contributed by atoms with Gasteiger partial charge in [0, 0.05) is 13.2 Å². The zero-order valence-corrected chi connectivity index (χ0v) is 14.2. The number of rotatable bonds is 6. The number of nitrogens with one attached hydrogen (secondary N) is 1. The Hall–Kier alpha value is -2.60. The van der Waals surface area contributed by atoms with Crippen LogP contribution in [0, 0.1) is 0 Å². The Bertz CT molecular complexity index is 815. The van der Waals surface area contributed by atoms with Gasteiger partial charge >= 0.3 is 0 Å². The van der Waals surface area contributed by atoms with Gasteiger partial charge < -0.3 is 9.30 Å². The summed E-state index contributed by atoms with van der Waals surface area (Å²) in [5, 5.41) is 4.32. The van der Waals surface area contributed by atoms with Crippen LogP contribution in [0.5, 0.6) is 5.75 Å². The Morgan fingerprint density at radius 3 is 2.92 bits per heavy atom. The topological polar surface area (TPSA) is 72.7 Å². The Morgan fingerprint density at radius 2 is 2.21 bits per heavy atom. The molecule has 126 valence electrons. The van der Waals surface area contributed by atoms with Crippen molar-refractivity contribution < 1.29 is 9.53 Å². The van der Waals surface area contributed by atoms with Gasteiger partial charge in [0.15, 0.2) is 0 Å². The smallest absolute Gasteiger partial charge is 0.276 e. The number of benzene rings is 1. The summed E-state index contributed by atoms with van der Waals surface area (Å²) in [7, 11) is 1.58. The largest absolute Gasteiger partial charge is 0.492 e. The molecule has 0 spiro atoms. The summed E-state index contributed by atoms with van der Waals surface area (Å²) in [6.07, 6.45) is 3.91. The fourth-order valence-electron chi connectivity index (χ4n) is 1.92. The number of hydrogen-bond acceptors (Lipinski definition) is 4. The molecule has 2 aromatic rings. The molecule has 1 amide bonds. The quantitative estimate of drug-likeness (QED) is 0.644. The number of hydrogen-bond donors (Lipinski definition) is 1. The molecule has 24 heavy (non-hydrogen) atoms. The molecule has 0 aliphatic rings. The predicted octanol–water partition coefficient (Wildman–Crippen LogP) is 2.59. The summed E-state index contributed by atoms with van der Waals surface area (Å²) in [5.74, 6) is 0.0360. The Morgan fingerprint density at radius 1 is 1.42 bits per heavy atom. The van der Waals surface area contributed by atoms with Crippen molar-refractivity contribution in [1.29, 1.82) is 0 Å². The summed E-state index contributed by atoms with van der Waals surface area (Å²) in [6, 6.07) is 8.27. The summed E-state index contributed by atoms with van der Waals surface area (Å²) in [4.78, 5) is 23.8. The van der Waals surface area contributed by atoms with Gasteiger partial charge in [0.1, 0.15) is 11.3 Å². The van der Waals surface area contributed by atoms with Gasteiger partial charge in [-0.1, -0.05) is 18.5 Å². The minimum Gasteiger partial charge on any atom is -0.492 e. The second-order valence-corrected chi connectivity index (χ2v) is 5.48. The Labute approximate surface area is 144 Å². The van der Waals surface area contributed by atoms with E-state index in [1.807, 2.05) is 6.92 Å².